The second-order valence-electron chi connectivity index (χ2n) is 7.91. The van der Waals surface area contributed by atoms with Gasteiger partial charge in [-0.1, -0.05) is 35.9 Å². The van der Waals surface area contributed by atoms with Gasteiger partial charge in [-0.25, -0.2) is 13.2 Å². The fraction of sp³-hybridized carbons (Fsp3) is 0.231. The molecule has 0 aliphatic rings. The average Bonchev–Trinajstić information content (AvgIpc) is 2.79. The lowest BCUT2D eigenvalue weighted by Crippen LogP contribution is -2.38. The molecule has 8 heteroatoms. The lowest BCUT2D eigenvalue weighted by molar-refractivity contribution is -0.114. The molecule has 0 heterocycles. The molecule has 1 amide bonds. The van der Waals surface area contributed by atoms with Crippen LogP contribution in [0.1, 0.15) is 34.0 Å². The van der Waals surface area contributed by atoms with Crippen LogP contribution in [0.5, 0.6) is 0 Å². The smallest absolute Gasteiger partial charge is 0.338 e. The number of carbonyl (C=O) groups is 2. The second kappa shape index (κ2) is 10.5. The summed E-state index contributed by atoms with van der Waals surface area (Å²) in [5.74, 6) is -1.03. The third-order valence-electron chi connectivity index (χ3n) is 5.29. The summed E-state index contributed by atoms with van der Waals surface area (Å²) >= 11 is 0. The number of nitrogens with one attached hydrogen (secondary N) is 1. The van der Waals surface area contributed by atoms with Gasteiger partial charge >= 0.3 is 5.97 Å². The van der Waals surface area contributed by atoms with E-state index in [-0.39, 0.29) is 11.5 Å². The highest BCUT2D eigenvalue weighted by atomic mass is 32.2. The molecule has 0 radical (unpaired) electrons. The molecule has 178 valence electrons. The number of anilines is 2. The molecule has 0 aromatic heterocycles. The molecular weight excluding hydrogens is 452 g/mol. The van der Waals surface area contributed by atoms with Crippen molar-refractivity contribution in [1.29, 1.82) is 0 Å². The first-order valence-electron chi connectivity index (χ1n) is 10.9. The maximum absolute atomic E-state index is 13.5. The standard InChI is InChI=1S/C26H28N2O5S/c1-5-33-26(30)23-10-7-11-24(20(23)4)27-25(29)17-28(21-9-6-8-19(3)16-21)34(31,32)22-14-12-18(2)13-15-22/h6-16H,5,17H2,1-4H3,(H,27,29). The summed E-state index contributed by atoms with van der Waals surface area (Å²) in [5, 5.41) is 2.74. The number of hydrogen-bond donors (Lipinski definition) is 1. The fourth-order valence-corrected chi connectivity index (χ4v) is 4.87. The van der Waals surface area contributed by atoms with Crippen molar-refractivity contribution in [3.63, 3.8) is 0 Å². The molecule has 0 saturated heterocycles. The number of carbonyl (C=O) groups excluding carboxylic acids is 2. The maximum Gasteiger partial charge on any atom is 0.338 e. The normalized spacial score (nSPS) is 11.1. The zero-order chi connectivity index (χ0) is 24.9. The second-order valence-corrected chi connectivity index (χ2v) is 9.77. The van der Waals surface area contributed by atoms with Crippen LogP contribution in [0.3, 0.4) is 0 Å². The Kier molecular flexibility index (Phi) is 7.73. The van der Waals surface area contributed by atoms with Crippen LogP contribution in [-0.2, 0) is 19.6 Å². The molecule has 0 spiro atoms. The molecule has 34 heavy (non-hydrogen) atoms. The summed E-state index contributed by atoms with van der Waals surface area (Å²) < 4.78 is 33.2. The van der Waals surface area contributed by atoms with E-state index < -0.39 is 28.4 Å². The summed E-state index contributed by atoms with van der Waals surface area (Å²) in [5.41, 5.74) is 3.45. The van der Waals surface area contributed by atoms with Crippen LogP contribution < -0.4 is 9.62 Å². The van der Waals surface area contributed by atoms with Crippen molar-refractivity contribution >= 4 is 33.3 Å². The topological polar surface area (TPSA) is 92.8 Å². The lowest BCUT2D eigenvalue weighted by atomic mass is 10.1. The minimum Gasteiger partial charge on any atom is -0.462 e. The molecule has 0 aliphatic carbocycles. The Bertz CT molecular complexity index is 1300. The van der Waals surface area contributed by atoms with Gasteiger partial charge in [0.25, 0.3) is 10.0 Å². The SMILES string of the molecule is CCOC(=O)c1cccc(NC(=O)CN(c2cccc(C)c2)S(=O)(=O)c2ccc(C)cc2)c1C. The molecule has 1 N–H and O–H groups in total. The first-order valence-corrected chi connectivity index (χ1v) is 12.3. The van der Waals surface area contributed by atoms with Crippen LogP contribution >= 0.6 is 0 Å². The van der Waals surface area contributed by atoms with Crippen molar-refractivity contribution in [3.05, 3.63) is 89.0 Å². The fourth-order valence-electron chi connectivity index (χ4n) is 3.46. The van der Waals surface area contributed by atoms with Crippen molar-refractivity contribution in [3.8, 4) is 0 Å². The Morgan fingerprint density at radius 3 is 2.24 bits per heavy atom. The van der Waals surface area contributed by atoms with Gasteiger partial charge in [0.2, 0.25) is 5.91 Å². The van der Waals surface area contributed by atoms with E-state index in [1.54, 1.807) is 62.4 Å². The van der Waals surface area contributed by atoms with Crippen LogP contribution in [0, 0.1) is 20.8 Å². The van der Waals surface area contributed by atoms with Crippen molar-refractivity contribution in [1.82, 2.24) is 0 Å². The van der Waals surface area contributed by atoms with E-state index >= 15 is 0 Å². The highest BCUT2D eigenvalue weighted by molar-refractivity contribution is 7.92. The first-order chi connectivity index (χ1) is 16.1. The monoisotopic (exact) mass is 480 g/mol. The van der Waals surface area contributed by atoms with Gasteiger partial charge in [0.15, 0.2) is 0 Å². The quantitative estimate of drug-likeness (QED) is 0.475. The summed E-state index contributed by atoms with van der Waals surface area (Å²) in [6, 6.07) is 18.3. The molecule has 0 unspecified atom stereocenters. The number of rotatable bonds is 8. The molecule has 0 bridgehead atoms. The van der Waals surface area contributed by atoms with E-state index in [2.05, 4.69) is 5.32 Å². The summed E-state index contributed by atoms with van der Waals surface area (Å²) in [6.45, 7) is 6.93. The summed E-state index contributed by atoms with van der Waals surface area (Å²) in [6.07, 6.45) is 0. The van der Waals surface area contributed by atoms with E-state index in [0.29, 0.717) is 22.5 Å². The van der Waals surface area contributed by atoms with E-state index in [1.165, 1.54) is 12.1 Å². The Morgan fingerprint density at radius 2 is 1.59 bits per heavy atom. The van der Waals surface area contributed by atoms with E-state index in [9.17, 15) is 18.0 Å². The van der Waals surface area contributed by atoms with Gasteiger partial charge in [0.1, 0.15) is 6.54 Å². The van der Waals surface area contributed by atoms with Crippen molar-refractivity contribution in [2.24, 2.45) is 0 Å². The first kappa shape index (κ1) is 25.0. The van der Waals surface area contributed by atoms with Gasteiger partial charge in [0.05, 0.1) is 22.8 Å². The number of ether oxygens (including phenoxy) is 1. The number of amides is 1. The predicted molar refractivity (Wildman–Crippen MR) is 133 cm³/mol. The molecule has 0 saturated carbocycles. The third-order valence-corrected chi connectivity index (χ3v) is 7.08. The van der Waals surface area contributed by atoms with Crippen molar-refractivity contribution in [2.75, 3.05) is 22.8 Å². The molecule has 3 rings (SSSR count). The largest absolute Gasteiger partial charge is 0.462 e. The van der Waals surface area contributed by atoms with Gasteiger partial charge in [-0.2, -0.15) is 0 Å². The van der Waals surface area contributed by atoms with E-state index in [1.807, 2.05) is 19.9 Å². The number of nitrogens with zero attached hydrogens (tertiary/aromatic N) is 1. The Hall–Kier alpha value is -3.65. The van der Waals surface area contributed by atoms with Crippen LogP contribution in [0.25, 0.3) is 0 Å². The van der Waals surface area contributed by atoms with E-state index in [4.69, 9.17) is 4.74 Å². The molecular formula is C26H28N2O5S. The Morgan fingerprint density at radius 1 is 0.912 bits per heavy atom. The lowest BCUT2D eigenvalue weighted by Gasteiger charge is -2.25. The number of aryl methyl sites for hydroxylation is 2. The maximum atomic E-state index is 13.5. The molecule has 3 aromatic rings. The average molecular weight is 481 g/mol. The van der Waals surface area contributed by atoms with Gasteiger partial charge in [0, 0.05) is 5.69 Å². The zero-order valence-corrected chi connectivity index (χ0v) is 20.5. The number of esters is 1. The van der Waals surface area contributed by atoms with Gasteiger partial charge in [-0.05, 0) is 75.2 Å². The highest BCUT2D eigenvalue weighted by Gasteiger charge is 2.27. The van der Waals surface area contributed by atoms with Gasteiger partial charge in [-0.3, -0.25) is 9.10 Å². The zero-order valence-electron chi connectivity index (χ0n) is 19.7. The molecule has 3 aromatic carbocycles. The summed E-state index contributed by atoms with van der Waals surface area (Å²) in [7, 11) is -4.02. The highest BCUT2D eigenvalue weighted by Crippen LogP contribution is 2.26. The third kappa shape index (κ3) is 5.63. The van der Waals surface area contributed by atoms with Crippen LogP contribution in [0.4, 0.5) is 11.4 Å². The minimum atomic E-state index is -4.02. The van der Waals surface area contributed by atoms with Gasteiger partial charge < -0.3 is 10.1 Å². The Balaban J connectivity index is 1.93. The molecule has 0 aliphatic heterocycles. The van der Waals surface area contributed by atoms with Crippen molar-refractivity contribution < 1.29 is 22.7 Å². The number of benzene rings is 3. The van der Waals surface area contributed by atoms with Gasteiger partial charge in [-0.15, -0.1) is 0 Å². The number of hydrogen-bond acceptors (Lipinski definition) is 5. The summed E-state index contributed by atoms with van der Waals surface area (Å²) in [4.78, 5) is 25.3. The minimum absolute atomic E-state index is 0.0906. The molecule has 0 fully saturated rings. The van der Waals surface area contributed by atoms with Crippen LogP contribution in [0.2, 0.25) is 0 Å². The molecule has 0 atom stereocenters. The number of sulfonamides is 1. The van der Waals surface area contributed by atoms with Crippen molar-refractivity contribution in [2.45, 2.75) is 32.6 Å². The molecule has 7 nitrogen and oxygen atoms in total. The Labute approximate surface area is 200 Å². The van der Waals surface area contributed by atoms with Crippen LogP contribution in [0.15, 0.2) is 71.6 Å². The predicted octanol–water partition coefficient (Wildman–Crippen LogP) is 4.62. The van der Waals surface area contributed by atoms with E-state index in [0.717, 1.165) is 15.4 Å². The van der Waals surface area contributed by atoms with Crippen LogP contribution in [-0.4, -0.2) is 33.4 Å².